The van der Waals surface area contributed by atoms with Crippen LogP contribution in [0.15, 0.2) is 0 Å². The van der Waals surface area contributed by atoms with Crippen LogP contribution in [0.4, 0.5) is 0 Å². The minimum absolute atomic E-state index is 0.0249. The fourth-order valence-electron chi connectivity index (χ4n) is 2.27. The van der Waals surface area contributed by atoms with Gasteiger partial charge in [-0.1, -0.05) is 13.8 Å². The lowest BCUT2D eigenvalue weighted by molar-refractivity contribution is -0.123. The topological polar surface area (TPSA) is 55.1 Å². The van der Waals surface area contributed by atoms with Gasteiger partial charge in [-0.2, -0.15) is 0 Å². The van der Waals surface area contributed by atoms with Gasteiger partial charge < -0.3 is 11.1 Å². The smallest absolute Gasteiger partial charge is 0.237 e. The Labute approximate surface area is 91.8 Å². The summed E-state index contributed by atoms with van der Waals surface area (Å²) in [5, 5.41) is 3.02. The number of carbonyl (C=O) groups excluding carboxylic acids is 1. The Morgan fingerprint density at radius 2 is 2.07 bits per heavy atom. The molecule has 15 heavy (non-hydrogen) atoms. The molecule has 0 bridgehead atoms. The molecule has 3 heteroatoms. The maximum Gasteiger partial charge on any atom is 0.237 e. The highest BCUT2D eigenvalue weighted by molar-refractivity contribution is 5.81. The largest absolute Gasteiger partial charge is 0.354 e. The summed E-state index contributed by atoms with van der Waals surface area (Å²) >= 11 is 0. The highest BCUT2D eigenvalue weighted by Crippen LogP contribution is 2.60. The number of rotatable bonds is 5. The van der Waals surface area contributed by atoms with Crippen molar-refractivity contribution in [3.8, 4) is 0 Å². The maximum absolute atomic E-state index is 11.7. The predicted octanol–water partition coefficient (Wildman–Crippen LogP) is 1.28. The summed E-state index contributed by atoms with van der Waals surface area (Å²) in [4.78, 5) is 11.7. The lowest BCUT2D eigenvalue weighted by atomic mass is 9.99. The fourth-order valence-corrected chi connectivity index (χ4v) is 2.27. The first-order valence-corrected chi connectivity index (χ1v) is 6.08. The SMILES string of the molecule is CC(C)C(N)C(=O)NCC1(C2CC2)CC1. The first-order valence-electron chi connectivity index (χ1n) is 6.08. The van der Waals surface area contributed by atoms with Crippen LogP contribution in [0.2, 0.25) is 0 Å². The summed E-state index contributed by atoms with van der Waals surface area (Å²) in [5.41, 5.74) is 6.27. The summed E-state index contributed by atoms with van der Waals surface area (Å²) < 4.78 is 0. The molecular formula is C12H22N2O. The summed E-state index contributed by atoms with van der Waals surface area (Å²) in [6.45, 7) is 4.83. The van der Waals surface area contributed by atoms with Crippen LogP contribution in [-0.4, -0.2) is 18.5 Å². The van der Waals surface area contributed by atoms with E-state index >= 15 is 0 Å². The molecule has 1 atom stereocenters. The zero-order valence-electron chi connectivity index (χ0n) is 9.75. The van der Waals surface area contributed by atoms with Gasteiger partial charge in [0.15, 0.2) is 0 Å². The van der Waals surface area contributed by atoms with E-state index in [9.17, 15) is 4.79 Å². The molecule has 3 N–H and O–H groups in total. The van der Waals surface area contributed by atoms with Crippen LogP contribution >= 0.6 is 0 Å². The van der Waals surface area contributed by atoms with E-state index in [0.717, 1.165) is 12.5 Å². The van der Waals surface area contributed by atoms with E-state index in [1.807, 2.05) is 13.8 Å². The van der Waals surface area contributed by atoms with E-state index < -0.39 is 0 Å². The van der Waals surface area contributed by atoms with Crippen molar-refractivity contribution in [3.63, 3.8) is 0 Å². The Hall–Kier alpha value is -0.570. The first kappa shape index (κ1) is 10.9. The van der Waals surface area contributed by atoms with Gasteiger partial charge in [0.1, 0.15) is 0 Å². The average Bonchev–Trinajstić information content (AvgIpc) is 3.01. The first-order chi connectivity index (χ1) is 7.05. The zero-order valence-corrected chi connectivity index (χ0v) is 9.75. The normalized spacial score (nSPS) is 25.1. The molecule has 86 valence electrons. The Morgan fingerprint density at radius 3 is 2.47 bits per heavy atom. The molecule has 0 aromatic rings. The van der Waals surface area contributed by atoms with Crippen molar-refractivity contribution >= 4 is 5.91 Å². The van der Waals surface area contributed by atoms with E-state index in [1.54, 1.807) is 0 Å². The molecule has 2 rings (SSSR count). The highest BCUT2D eigenvalue weighted by Gasteiger charge is 2.53. The van der Waals surface area contributed by atoms with E-state index in [4.69, 9.17) is 5.73 Å². The van der Waals surface area contributed by atoms with Crippen molar-refractivity contribution < 1.29 is 4.79 Å². The third-order valence-corrected chi connectivity index (χ3v) is 3.97. The second-order valence-electron chi connectivity index (χ2n) is 5.62. The average molecular weight is 210 g/mol. The highest BCUT2D eigenvalue weighted by atomic mass is 16.2. The molecule has 0 aromatic heterocycles. The van der Waals surface area contributed by atoms with Crippen LogP contribution in [0.1, 0.15) is 39.5 Å². The van der Waals surface area contributed by atoms with Gasteiger partial charge in [0, 0.05) is 6.54 Å². The molecule has 0 spiro atoms. The van der Waals surface area contributed by atoms with Crippen LogP contribution in [-0.2, 0) is 4.79 Å². The van der Waals surface area contributed by atoms with Gasteiger partial charge in [-0.05, 0) is 42.9 Å². The number of nitrogens with one attached hydrogen (secondary N) is 1. The predicted molar refractivity (Wildman–Crippen MR) is 60.2 cm³/mol. The molecule has 1 unspecified atom stereocenters. The molecule has 3 nitrogen and oxygen atoms in total. The summed E-state index contributed by atoms with van der Waals surface area (Å²) in [6.07, 6.45) is 5.34. The lowest BCUT2D eigenvalue weighted by Crippen LogP contribution is -2.45. The number of nitrogens with two attached hydrogens (primary N) is 1. The van der Waals surface area contributed by atoms with Gasteiger partial charge in [0.25, 0.3) is 0 Å². The zero-order chi connectivity index (χ0) is 11.1. The Kier molecular flexibility index (Phi) is 2.75. The fraction of sp³-hybridized carbons (Fsp3) is 0.917. The molecule has 0 aliphatic heterocycles. The molecular weight excluding hydrogens is 188 g/mol. The molecule has 0 heterocycles. The van der Waals surface area contributed by atoms with Gasteiger partial charge >= 0.3 is 0 Å². The second-order valence-corrected chi connectivity index (χ2v) is 5.62. The van der Waals surface area contributed by atoms with E-state index in [2.05, 4.69) is 5.32 Å². The lowest BCUT2D eigenvalue weighted by Gasteiger charge is -2.19. The third-order valence-electron chi connectivity index (χ3n) is 3.97. The van der Waals surface area contributed by atoms with Crippen LogP contribution in [0.25, 0.3) is 0 Å². The van der Waals surface area contributed by atoms with Crippen LogP contribution in [0.5, 0.6) is 0 Å². The summed E-state index contributed by atoms with van der Waals surface area (Å²) in [5.74, 6) is 1.14. The van der Waals surface area contributed by atoms with E-state index in [0.29, 0.717) is 5.41 Å². The van der Waals surface area contributed by atoms with Crippen molar-refractivity contribution in [2.24, 2.45) is 23.0 Å². The van der Waals surface area contributed by atoms with E-state index in [1.165, 1.54) is 25.7 Å². The minimum atomic E-state index is -0.347. The summed E-state index contributed by atoms with van der Waals surface area (Å²) in [7, 11) is 0. The Morgan fingerprint density at radius 1 is 1.47 bits per heavy atom. The van der Waals surface area contributed by atoms with Gasteiger partial charge in [-0.15, -0.1) is 0 Å². The Balaban J connectivity index is 1.75. The minimum Gasteiger partial charge on any atom is -0.354 e. The molecule has 1 amide bonds. The summed E-state index contributed by atoms with van der Waals surface area (Å²) in [6, 6.07) is -0.347. The van der Waals surface area contributed by atoms with E-state index in [-0.39, 0.29) is 17.9 Å². The van der Waals surface area contributed by atoms with Gasteiger partial charge in [-0.25, -0.2) is 0 Å². The maximum atomic E-state index is 11.7. The molecule has 0 saturated heterocycles. The molecule has 2 fully saturated rings. The number of carbonyl (C=O) groups is 1. The van der Waals surface area contributed by atoms with Crippen LogP contribution in [0, 0.1) is 17.3 Å². The Bertz CT molecular complexity index is 254. The molecule has 2 saturated carbocycles. The van der Waals surface area contributed by atoms with Gasteiger partial charge in [-0.3, -0.25) is 4.79 Å². The number of amides is 1. The number of hydrogen-bond donors (Lipinski definition) is 2. The van der Waals surface area contributed by atoms with Gasteiger partial charge in [0.05, 0.1) is 6.04 Å². The standard InChI is InChI=1S/C12H22N2O/c1-8(2)10(13)11(15)14-7-12(5-6-12)9-3-4-9/h8-10H,3-7,13H2,1-2H3,(H,14,15). The van der Waals surface area contributed by atoms with Crippen molar-refractivity contribution in [2.45, 2.75) is 45.6 Å². The van der Waals surface area contributed by atoms with Crippen LogP contribution in [0.3, 0.4) is 0 Å². The monoisotopic (exact) mass is 210 g/mol. The molecule has 2 aliphatic carbocycles. The van der Waals surface area contributed by atoms with Crippen molar-refractivity contribution in [1.29, 1.82) is 0 Å². The van der Waals surface area contributed by atoms with Crippen molar-refractivity contribution in [1.82, 2.24) is 5.32 Å². The number of hydrogen-bond acceptors (Lipinski definition) is 2. The molecule has 0 radical (unpaired) electrons. The van der Waals surface area contributed by atoms with Crippen molar-refractivity contribution in [2.75, 3.05) is 6.54 Å². The molecule has 2 aliphatic rings. The quantitative estimate of drug-likeness (QED) is 0.718. The third kappa shape index (κ3) is 2.33. The molecule has 0 aromatic carbocycles. The van der Waals surface area contributed by atoms with Crippen molar-refractivity contribution in [3.05, 3.63) is 0 Å². The van der Waals surface area contributed by atoms with Crippen LogP contribution < -0.4 is 11.1 Å². The van der Waals surface area contributed by atoms with Gasteiger partial charge in [0.2, 0.25) is 5.91 Å². The second kappa shape index (κ2) is 3.78.